The molecule has 1 aromatic rings. The van der Waals surface area contributed by atoms with Gasteiger partial charge in [0.25, 0.3) is 0 Å². The minimum Gasteiger partial charge on any atom is -0.377 e. The van der Waals surface area contributed by atoms with Gasteiger partial charge in [-0.15, -0.1) is 0 Å². The van der Waals surface area contributed by atoms with Crippen LogP contribution in [0.2, 0.25) is 0 Å². The lowest BCUT2D eigenvalue weighted by molar-refractivity contribution is 1.12. The quantitative estimate of drug-likeness (QED) is 0.590. The Balaban J connectivity index is 3.17. The Labute approximate surface area is 68.7 Å². The number of rotatable bonds is 1. The Kier molecular flexibility index (Phi) is 2.18. The van der Waals surface area contributed by atoms with E-state index in [-0.39, 0.29) is 0 Å². The van der Waals surface area contributed by atoms with Gasteiger partial charge < -0.3 is 4.90 Å². The second-order valence-electron chi connectivity index (χ2n) is 2.97. The lowest BCUT2D eigenvalue weighted by Crippen LogP contribution is -2.10. The van der Waals surface area contributed by atoms with Crippen molar-refractivity contribution in [1.82, 2.24) is 0 Å². The summed E-state index contributed by atoms with van der Waals surface area (Å²) in [5.41, 5.74) is 3.57. The molecule has 0 heterocycles. The fraction of sp³-hybridized carbons (Fsp3) is 0.300. The highest BCUT2D eigenvalue weighted by atomic mass is 15.1. The monoisotopic (exact) mass is 148 g/mol. The van der Waals surface area contributed by atoms with Gasteiger partial charge in [-0.1, -0.05) is 12.1 Å². The van der Waals surface area contributed by atoms with Crippen LogP contribution in [-0.2, 0) is 0 Å². The van der Waals surface area contributed by atoms with Gasteiger partial charge in [0.1, 0.15) is 0 Å². The van der Waals surface area contributed by atoms with Gasteiger partial charge in [0.15, 0.2) is 0 Å². The number of benzene rings is 1. The van der Waals surface area contributed by atoms with Crippen LogP contribution in [0.1, 0.15) is 11.1 Å². The van der Waals surface area contributed by atoms with Crippen LogP contribution >= 0.6 is 0 Å². The first kappa shape index (κ1) is 8.12. The van der Waals surface area contributed by atoms with Crippen LogP contribution in [0.15, 0.2) is 18.2 Å². The van der Waals surface area contributed by atoms with Gasteiger partial charge in [-0.05, 0) is 31.0 Å². The molecule has 1 rings (SSSR count). The summed E-state index contributed by atoms with van der Waals surface area (Å²) in [5.74, 6) is 0. The summed E-state index contributed by atoms with van der Waals surface area (Å²) in [4.78, 5) is 2.08. The third kappa shape index (κ3) is 1.53. The van der Waals surface area contributed by atoms with Crippen LogP contribution in [0.5, 0.6) is 0 Å². The van der Waals surface area contributed by atoms with Gasteiger partial charge in [0, 0.05) is 19.8 Å². The first-order chi connectivity index (χ1) is 5.13. The molecule has 0 N–H and O–H groups in total. The maximum atomic E-state index is 4.00. The number of anilines is 1. The summed E-state index contributed by atoms with van der Waals surface area (Å²) in [6.45, 7) is 6.08. The van der Waals surface area contributed by atoms with E-state index in [4.69, 9.17) is 0 Å². The molecule has 0 bridgehead atoms. The van der Waals surface area contributed by atoms with Gasteiger partial charge in [-0.2, -0.15) is 0 Å². The van der Waals surface area contributed by atoms with E-state index >= 15 is 0 Å². The van der Waals surface area contributed by atoms with Crippen molar-refractivity contribution in [3.8, 4) is 0 Å². The summed E-state index contributed by atoms with van der Waals surface area (Å²) < 4.78 is 0. The number of nitrogens with zero attached hydrogens (tertiary/aromatic N) is 1. The van der Waals surface area contributed by atoms with Crippen LogP contribution in [0.4, 0.5) is 5.69 Å². The van der Waals surface area contributed by atoms with Crippen LogP contribution in [0.25, 0.3) is 0 Å². The predicted octanol–water partition coefficient (Wildman–Crippen LogP) is 2.24. The minimum atomic E-state index is 1.12. The van der Waals surface area contributed by atoms with Crippen molar-refractivity contribution in [1.29, 1.82) is 0 Å². The van der Waals surface area contributed by atoms with Crippen LogP contribution in [0, 0.1) is 13.8 Å². The van der Waals surface area contributed by atoms with Gasteiger partial charge in [0.2, 0.25) is 0 Å². The summed E-state index contributed by atoms with van der Waals surface area (Å²) in [5, 5.41) is 0. The third-order valence-corrected chi connectivity index (χ3v) is 1.87. The molecule has 0 aromatic heterocycles. The number of aryl methyl sites for hydroxylation is 1. The van der Waals surface area contributed by atoms with Crippen molar-refractivity contribution in [2.75, 3.05) is 19.0 Å². The van der Waals surface area contributed by atoms with E-state index in [1.165, 1.54) is 11.3 Å². The Bertz CT molecular complexity index is 251. The fourth-order valence-corrected chi connectivity index (χ4v) is 1.11. The average molecular weight is 148 g/mol. The summed E-state index contributed by atoms with van der Waals surface area (Å²) >= 11 is 0. The SMILES string of the molecule is [CH2]c1c(C)cccc1N(C)C. The second kappa shape index (κ2) is 2.95. The molecule has 0 amide bonds. The van der Waals surface area contributed by atoms with Gasteiger partial charge in [-0.25, -0.2) is 0 Å². The fourth-order valence-electron chi connectivity index (χ4n) is 1.11. The van der Waals surface area contributed by atoms with Crippen LogP contribution in [0.3, 0.4) is 0 Å². The van der Waals surface area contributed by atoms with Gasteiger partial charge in [-0.3, -0.25) is 0 Å². The van der Waals surface area contributed by atoms with Crippen molar-refractivity contribution in [2.45, 2.75) is 6.92 Å². The van der Waals surface area contributed by atoms with E-state index in [0.717, 1.165) is 5.56 Å². The highest BCUT2D eigenvalue weighted by Gasteiger charge is 2.00. The maximum absolute atomic E-state index is 4.00. The molecule has 1 nitrogen and oxygen atoms in total. The molecule has 1 radical (unpaired) electrons. The third-order valence-electron chi connectivity index (χ3n) is 1.87. The minimum absolute atomic E-state index is 1.12. The van der Waals surface area contributed by atoms with E-state index in [0.29, 0.717) is 0 Å². The zero-order chi connectivity index (χ0) is 8.43. The number of hydrogen-bond acceptors (Lipinski definition) is 1. The maximum Gasteiger partial charge on any atom is 0.0396 e. The smallest absolute Gasteiger partial charge is 0.0396 e. The van der Waals surface area contributed by atoms with Crippen molar-refractivity contribution in [3.05, 3.63) is 36.2 Å². The topological polar surface area (TPSA) is 3.24 Å². The molecule has 0 aliphatic rings. The summed E-state index contributed by atoms with van der Waals surface area (Å²) in [6, 6.07) is 6.21. The highest BCUT2D eigenvalue weighted by molar-refractivity contribution is 5.56. The van der Waals surface area contributed by atoms with E-state index in [1.807, 2.05) is 14.1 Å². The molecule has 0 fully saturated rings. The molecular formula is C10H14N. The van der Waals surface area contributed by atoms with Crippen molar-refractivity contribution < 1.29 is 0 Å². The molecule has 0 spiro atoms. The van der Waals surface area contributed by atoms with Crippen molar-refractivity contribution in [2.24, 2.45) is 0 Å². The Morgan fingerprint density at radius 1 is 1.27 bits per heavy atom. The summed E-state index contributed by atoms with van der Waals surface area (Å²) in [7, 11) is 4.06. The molecule has 0 unspecified atom stereocenters. The van der Waals surface area contributed by atoms with E-state index in [9.17, 15) is 0 Å². The van der Waals surface area contributed by atoms with E-state index in [2.05, 4.69) is 36.9 Å². The lowest BCUT2D eigenvalue weighted by Gasteiger charge is -2.16. The van der Waals surface area contributed by atoms with Crippen molar-refractivity contribution >= 4 is 5.69 Å². The first-order valence-corrected chi connectivity index (χ1v) is 3.72. The first-order valence-electron chi connectivity index (χ1n) is 3.72. The highest BCUT2D eigenvalue weighted by Crippen LogP contribution is 2.19. The Hall–Kier alpha value is -0.980. The molecular weight excluding hydrogens is 134 g/mol. The number of hydrogen-bond donors (Lipinski definition) is 0. The molecule has 11 heavy (non-hydrogen) atoms. The van der Waals surface area contributed by atoms with Crippen LogP contribution < -0.4 is 4.90 Å². The van der Waals surface area contributed by atoms with Gasteiger partial charge >= 0.3 is 0 Å². The molecule has 0 saturated carbocycles. The molecule has 0 saturated heterocycles. The molecule has 0 aliphatic carbocycles. The Morgan fingerprint density at radius 3 is 2.36 bits per heavy atom. The Morgan fingerprint density at radius 2 is 1.91 bits per heavy atom. The van der Waals surface area contributed by atoms with Crippen molar-refractivity contribution in [3.63, 3.8) is 0 Å². The molecule has 1 heteroatoms. The molecule has 0 atom stereocenters. The van der Waals surface area contributed by atoms with Gasteiger partial charge in [0.05, 0.1) is 0 Å². The average Bonchev–Trinajstić information content (AvgIpc) is 1.94. The van der Waals surface area contributed by atoms with Crippen LogP contribution in [-0.4, -0.2) is 14.1 Å². The zero-order valence-electron chi connectivity index (χ0n) is 7.39. The van der Waals surface area contributed by atoms with E-state index in [1.54, 1.807) is 0 Å². The summed E-state index contributed by atoms with van der Waals surface area (Å²) in [6.07, 6.45) is 0. The van der Waals surface area contributed by atoms with E-state index < -0.39 is 0 Å². The normalized spacial score (nSPS) is 9.82. The zero-order valence-corrected chi connectivity index (χ0v) is 7.39. The lowest BCUT2D eigenvalue weighted by atomic mass is 10.1. The molecule has 0 aliphatic heterocycles. The molecule has 1 aromatic carbocycles. The molecule has 59 valence electrons. The largest absolute Gasteiger partial charge is 0.377 e. The standard InChI is InChI=1S/C10H14N/c1-8-6-5-7-10(9(8)2)11(3)4/h5-7H,2H2,1,3-4H3. The second-order valence-corrected chi connectivity index (χ2v) is 2.97. The predicted molar refractivity (Wildman–Crippen MR) is 50.0 cm³/mol.